The van der Waals surface area contributed by atoms with Crippen LogP contribution in [0.15, 0.2) is 24.8 Å². The van der Waals surface area contributed by atoms with Crippen molar-refractivity contribution in [3.8, 4) is 5.75 Å². The molecule has 1 aromatic rings. The molecule has 1 rings (SSSR count). The Labute approximate surface area is 122 Å². The maximum absolute atomic E-state index is 11.9. The monoisotopic (exact) mass is 275 g/mol. The van der Waals surface area contributed by atoms with Crippen LogP contribution in [0.5, 0.6) is 5.75 Å². The van der Waals surface area contributed by atoms with Crippen molar-refractivity contribution in [2.45, 2.75) is 39.0 Å². The first-order valence-electron chi connectivity index (χ1n) is 7.27. The number of rotatable bonds is 9. The number of nitrogens with one attached hydrogen (secondary N) is 1. The zero-order valence-electron chi connectivity index (χ0n) is 12.6. The molecule has 1 N–H and O–H groups in total. The first kappa shape index (κ1) is 16.3. The molecule has 0 spiro atoms. The standard InChI is InChI=1S/C17H25NO2/c1-4-6-7-8-11-18-17(19)13-15-10-9-14(5-2)12-16(15)20-3/h5,9-10,12H,2,4,6-8,11,13H2,1,3H3,(H,18,19). The van der Waals surface area contributed by atoms with Crippen LogP contribution in [0.3, 0.4) is 0 Å². The summed E-state index contributed by atoms with van der Waals surface area (Å²) < 4.78 is 5.32. The zero-order valence-corrected chi connectivity index (χ0v) is 12.6. The predicted molar refractivity (Wildman–Crippen MR) is 83.9 cm³/mol. The Kier molecular flexibility index (Phi) is 7.48. The first-order valence-corrected chi connectivity index (χ1v) is 7.27. The van der Waals surface area contributed by atoms with Gasteiger partial charge in [-0.05, 0) is 18.1 Å². The molecule has 0 radical (unpaired) electrons. The molecular formula is C17H25NO2. The molecule has 20 heavy (non-hydrogen) atoms. The highest BCUT2D eigenvalue weighted by atomic mass is 16.5. The van der Waals surface area contributed by atoms with Crippen LogP contribution < -0.4 is 10.1 Å². The number of carbonyl (C=O) groups is 1. The fraction of sp³-hybridized carbons (Fsp3) is 0.471. The van der Waals surface area contributed by atoms with E-state index in [9.17, 15) is 4.79 Å². The van der Waals surface area contributed by atoms with E-state index in [1.54, 1.807) is 13.2 Å². The third-order valence-corrected chi connectivity index (χ3v) is 3.25. The van der Waals surface area contributed by atoms with Crippen molar-refractivity contribution >= 4 is 12.0 Å². The summed E-state index contributed by atoms with van der Waals surface area (Å²) in [4.78, 5) is 11.9. The molecule has 1 aromatic carbocycles. The van der Waals surface area contributed by atoms with Crippen LogP contribution >= 0.6 is 0 Å². The van der Waals surface area contributed by atoms with Gasteiger partial charge in [0.1, 0.15) is 5.75 Å². The van der Waals surface area contributed by atoms with E-state index < -0.39 is 0 Å². The number of ether oxygens (including phenoxy) is 1. The van der Waals surface area contributed by atoms with Crippen molar-refractivity contribution in [2.75, 3.05) is 13.7 Å². The number of carbonyl (C=O) groups excluding carboxylic acids is 1. The second-order valence-electron chi connectivity index (χ2n) is 4.86. The van der Waals surface area contributed by atoms with Gasteiger partial charge in [-0.15, -0.1) is 0 Å². The molecule has 0 bridgehead atoms. The molecule has 0 fully saturated rings. The molecule has 0 saturated heterocycles. The lowest BCUT2D eigenvalue weighted by Gasteiger charge is -2.10. The van der Waals surface area contributed by atoms with Gasteiger partial charge in [-0.3, -0.25) is 4.79 Å². The van der Waals surface area contributed by atoms with Crippen LogP contribution in [0.1, 0.15) is 43.7 Å². The molecule has 110 valence electrons. The molecule has 0 aromatic heterocycles. The average molecular weight is 275 g/mol. The van der Waals surface area contributed by atoms with Crippen molar-refractivity contribution in [1.82, 2.24) is 5.32 Å². The predicted octanol–water partition coefficient (Wildman–Crippen LogP) is 3.58. The van der Waals surface area contributed by atoms with Crippen LogP contribution in [-0.2, 0) is 11.2 Å². The molecule has 3 nitrogen and oxygen atoms in total. The highest BCUT2D eigenvalue weighted by molar-refractivity contribution is 5.79. The summed E-state index contributed by atoms with van der Waals surface area (Å²) in [6.45, 7) is 6.66. The number of hydrogen-bond acceptors (Lipinski definition) is 2. The van der Waals surface area contributed by atoms with Crippen LogP contribution in [0.4, 0.5) is 0 Å². The molecule has 0 aliphatic heterocycles. The SMILES string of the molecule is C=Cc1ccc(CC(=O)NCCCCCC)c(OC)c1. The lowest BCUT2D eigenvalue weighted by atomic mass is 10.1. The molecule has 0 saturated carbocycles. The minimum atomic E-state index is 0.0474. The maximum atomic E-state index is 11.9. The number of unbranched alkanes of at least 4 members (excludes halogenated alkanes) is 3. The van der Waals surface area contributed by atoms with Crippen molar-refractivity contribution < 1.29 is 9.53 Å². The molecule has 0 aliphatic rings. The Balaban J connectivity index is 2.47. The summed E-state index contributed by atoms with van der Waals surface area (Å²) in [5, 5.41) is 2.96. The molecule has 1 amide bonds. The van der Waals surface area contributed by atoms with E-state index in [4.69, 9.17) is 4.74 Å². The Hall–Kier alpha value is -1.77. The second kappa shape index (κ2) is 9.18. The van der Waals surface area contributed by atoms with Crippen LogP contribution in [0.25, 0.3) is 6.08 Å². The Morgan fingerprint density at radius 2 is 2.15 bits per heavy atom. The van der Waals surface area contributed by atoms with E-state index in [2.05, 4.69) is 18.8 Å². The van der Waals surface area contributed by atoms with Crippen LogP contribution in [-0.4, -0.2) is 19.6 Å². The van der Waals surface area contributed by atoms with Gasteiger partial charge >= 0.3 is 0 Å². The zero-order chi connectivity index (χ0) is 14.8. The number of benzene rings is 1. The van der Waals surface area contributed by atoms with Crippen molar-refractivity contribution in [1.29, 1.82) is 0 Å². The van der Waals surface area contributed by atoms with Crippen molar-refractivity contribution in [2.24, 2.45) is 0 Å². The molecule has 0 unspecified atom stereocenters. The van der Waals surface area contributed by atoms with Gasteiger partial charge < -0.3 is 10.1 Å². The minimum Gasteiger partial charge on any atom is -0.496 e. The summed E-state index contributed by atoms with van der Waals surface area (Å²) in [6.07, 6.45) is 6.78. The van der Waals surface area contributed by atoms with Gasteiger partial charge in [-0.25, -0.2) is 0 Å². The second-order valence-corrected chi connectivity index (χ2v) is 4.86. The van der Waals surface area contributed by atoms with E-state index in [1.807, 2.05) is 18.2 Å². The summed E-state index contributed by atoms with van der Waals surface area (Å²) >= 11 is 0. The van der Waals surface area contributed by atoms with Crippen molar-refractivity contribution in [3.63, 3.8) is 0 Å². The Morgan fingerprint density at radius 1 is 1.35 bits per heavy atom. The van der Waals surface area contributed by atoms with E-state index in [0.29, 0.717) is 6.42 Å². The Morgan fingerprint density at radius 3 is 2.80 bits per heavy atom. The minimum absolute atomic E-state index is 0.0474. The van der Waals surface area contributed by atoms with E-state index in [-0.39, 0.29) is 5.91 Å². The smallest absolute Gasteiger partial charge is 0.224 e. The normalized spacial score (nSPS) is 10.1. The van der Waals surface area contributed by atoms with E-state index >= 15 is 0 Å². The Bertz CT molecular complexity index is 441. The fourth-order valence-electron chi connectivity index (χ4n) is 2.05. The van der Waals surface area contributed by atoms with E-state index in [1.165, 1.54) is 19.3 Å². The number of hydrogen-bond donors (Lipinski definition) is 1. The largest absolute Gasteiger partial charge is 0.496 e. The van der Waals surface area contributed by atoms with E-state index in [0.717, 1.165) is 29.8 Å². The van der Waals surface area contributed by atoms with Crippen LogP contribution in [0, 0.1) is 0 Å². The van der Waals surface area contributed by atoms with Gasteiger partial charge in [-0.1, -0.05) is 51.0 Å². The lowest BCUT2D eigenvalue weighted by Crippen LogP contribution is -2.26. The van der Waals surface area contributed by atoms with Gasteiger partial charge in [0.2, 0.25) is 5.91 Å². The topological polar surface area (TPSA) is 38.3 Å². The van der Waals surface area contributed by atoms with Crippen molar-refractivity contribution in [3.05, 3.63) is 35.9 Å². The van der Waals surface area contributed by atoms with Gasteiger partial charge in [0.05, 0.1) is 13.5 Å². The van der Waals surface area contributed by atoms with Gasteiger partial charge in [0.25, 0.3) is 0 Å². The third-order valence-electron chi connectivity index (χ3n) is 3.25. The van der Waals surface area contributed by atoms with Gasteiger partial charge in [-0.2, -0.15) is 0 Å². The molecule has 3 heteroatoms. The summed E-state index contributed by atoms with van der Waals surface area (Å²) in [5.74, 6) is 0.787. The maximum Gasteiger partial charge on any atom is 0.224 e. The fourth-order valence-corrected chi connectivity index (χ4v) is 2.05. The molecule has 0 aliphatic carbocycles. The summed E-state index contributed by atoms with van der Waals surface area (Å²) in [6, 6.07) is 5.77. The highest BCUT2D eigenvalue weighted by Gasteiger charge is 2.08. The van der Waals surface area contributed by atoms with Gasteiger partial charge in [0.15, 0.2) is 0 Å². The lowest BCUT2D eigenvalue weighted by molar-refractivity contribution is -0.120. The first-order chi connectivity index (χ1) is 9.71. The van der Waals surface area contributed by atoms with Gasteiger partial charge in [0, 0.05) is 12.1 Å². The highest BCUT2D eigenvalue weighted by Crippen LogP contribution is 2.21. The number of amides is 1. The number of methoxy groups -OCH3 is 1. The summed E-state index contributed by atoms with van der Waals surface area (Å²) in [7, 11) is 1.62. The van der Waals surface area contributed by atoms with Crippen LogP contribution in [0.2, 0.25) is 0 Å². The molecular weight excluding hydrogens is 250 g/mol. The molecule has 0 heterocycles. The third kappa shape index (κ3) is 5.47. The average Bonchev–Trinajstić information content (AvgIpc) is 2.47. The molecule has 0 atom stereocenters. The quantitative estimate of drug-likeness (QED) is 0.700. The summed E-state index contributed by atoms with van der Waals surface area (Å²) in [5.41, 5.74) is 1.90.